The Balaban J connectivity index is 2.46. The molecule has 0 aliphatic rings. The maximum atomic E-state index is 13.4. The summed E-state index contributed by atoms with van der Waals surface area (Å²) < 4.78 is 52.8. The molecule has 7 heteroatoms. The molecule has 19 heavy (non-hydrogen) atoms. The first-order valence-corrected chi connectivity index (χ1v) is 5.22. The van der Waals surface area contributed by atoms with Gasteiger partial charge in [0.15, 0.2) is 23.3 Å². The SMILES string of the molecule is Cc1cnc(Nc2c(F)c(F)cc(F)c2F)cc1N. The Kier molecular flexibility index (Phi) is 3.28. The molecule has 0 fully saturated rings. The standard InChI is InChI=1S/C12H9F4N3/c1-5-4-18-9(3-8(5)17)19-12-10(15)6(13)2-7(14)11(12)16/h2-4H,1H3,(H3,17,18,19). The number of hydrogen-bond acceptors (Lipinski definition) is 3. The molecule has 1 aromatic heterocycles. The van der Waals surface area contributed by atoms with Crippen molar-refractivity contribution in [2.24, 2.45) is 0 Å². The minimum Gasteiger partial charge on any atom is -0.398 e. The zero-order valence-corrected chi connectivity index (χ0v) is 9.77. The van der Waals surface area contributed by atoms with Crippen LogP contribution in [0.2, 0.25) is 0 Å². The molecule has 2 rings (SSSR count). The van der Waals surface area contributed by atoms with Crippen molar-refractivity contribution in [1.29, 1.82) is 0 Å². The fourth-order valence-corrected chi connectivity index (χ4v) is 1.42. The summed E-state index contributed by atoms with van der Waals surface area (Å²) in [6, 6.07) is 1.43. The lowest BCUT2D eigenvalue weighted by Gasteiger charge is -2.10. The number of nitrogens with one attached hydrogen (secondary N) is 1. The lowest BCUT2D eigenvalue weighted by Crippen LogP contribution is -2.04. The van der Waals surface area contributed by atoms with Gasteiger partial charge in [0.1, 0.15) is 11.5 Å². The van der Waals surface area contributed by atoms with Crippen LogP contribution in [0.4, 0.5) is 34.8 Å². The van der Waals surface area contributed by atoms with E-state index >= 15 is 0 Å². The molecule has 100 valence electrons. The molecule has 3 N–H and O–H groups in total. The van der Waals surface area contributed by atoms with Crippen molar-refractivity contribution < 1.29 is 17.6 Å². The summed E-state index contributed by atoms with van der Waals surface area (Å²) in [4.78, 5) is 3.81. The topological polar surface area (TPSA) is 50.9 Å². The predicted molar refractivity (Wildman–Crippen MR) is 62.9 cm³/mol. The molecular weight excluding hydrogens is 262 g/mol. The van der Waals surface area contributed by atoms with E-state index in [0.29, 0.717) is 11.3 Å². The zero-order chi connectivity index (χ0) is 14.2. The van der Waals surface area contributed by atoms with Gasteiger partial charge in [0.05, 0.1) is 0 Å². The maximum Gasteiger partial charge on any atom is 0.185 e. The summed E-state index contributed by atoms with van der Waals surface area (Å²) in [5, 5.41) is 2.17. The van der Waals surface area contributed by atoms with Crippen LogP contribution < -0.4 is 11.1 Å². The van der Waals surface area contributed by atoms with Gasteiger partial charge < -0.3 is 11.1 Å². The van der Waals surface area contributed by atoms with Crippen molar-refractivity contribution in [1.82, 2.24) is 4.98 Å². The van der Waals surface area contributed by atoms with Gasteiger partial charge in [0, 0.05) is 24.0 Å². The van der Waals surface area contributed by atoms with Crippen molar-refractivity contribution in [2.45, 2.75) is 6.92 Å². The molecule has 0 saturated carbocycles. The Morgan fingerprint density at radius 2 is 1.63 bits per heavy atom. The molecule has 2 aromatic rings. The van der Waals surface area contributed by atoms with Crippen molar-refractivity contribution in [3.63, 3.8) is 0 Å². The van der Waals surface area contributed by atoms with Crippen LogP contribution in [0.1, 0.15) is 5.56 Å². The monoisotopic (exact) mass is 271 g/mol. The van der Waals surface area contributed by atoms with Crippen molar-refractivity contribution in [2.75, 3.05) is 11.1 Å². The lowest BCUT2D eigenvalue weighted by molar-refractivity contribution is 0.459. The minimum absolute atomic E-state index is 0.0223. The average molecular weight is 271 g/mol. The van der Waals surface area contributed by atoms with Crippen molar-refractivity contribution >= 4 is 17.2 Å². The number of aryl methyl sites for hydroxylation is 1. The number of benzene rings is 1. The number of rotatable bonds is 2. The molecule has 1 heterocycles. The molecular formula is C12H9F4N3. The van der Waals surface area contributed by atoms with Crippen LogP contribution in [0.3, 0.4) is 0 Å². The molecule has 0 atom stereocenters. The summed E-state index contributed by atoms with van der Waals surface area (Å²) in [6.07, 6.45) is 1.36. The van der Waals surface area contributed by atoms with Crippen LogP contribution in [0.25, 0.3) is 0 Å². The highest BCUT2D eigenvalue weighted by Gasteiger charge is 2.19. The summed E-state index contributed by atoms with van der Waals surface area (Å²) in [6.45, 7) is 1.69. The summed E-state index contributed by atoms with van der Waals surface area (Å²) in [5.74, 6) is -6.08. The normalized spacial score (nSPS) is 10.6. The molecule has 0 spiro atoms. The summed E-state index contributed by atoms with van der Waals surface area (Å²) >= 11 is 0. The van der Waals surface area contributed by atoms with Crippen LogP contribution in [0.15, 0.2) is 18.3 Å². The van der Waals surface area contributed by atoms with Gasteiger partial charge in [-0.15, -0.1) is 0 Å². The van der Waals surface area contributed by atoms with Gasteiger partial charge >= 0.3 is 0 Å². The number of nitrogen functional groups attached to an aromatic ring is 1. The molecule has 0 aliphatic carbocycles. The first kappa shape index (κ1) is 13.1. The van der Waals surface area contributed by atoms with E-state index in [1.807, 2.05) is 0 Å². The van der Waals surface area contributed by atoms with Gasteiger partial charge in [-0.05, 0) is 12.5 Å². The van der Waals surface area contributed by atoms with Gasteiger partial charge in [-0.2, -0.15) is 0 Å². The molecule has 0 aliphatic heterocycles. The van der Waals surface area contributed by atoms with E-state index in [1.54, 1.807) is 6.92 Å². The Bertz CT molecular complexity index is 617. The number of halogens is 4. The van der Waals surface area contributed by atoms with Gasteiger partial charge in [-0.25, -0.2) is 22.5 Å². The predicted octanol–water partition coefficient (Wildman–Crippen LogP) is 3.27. The summed E-state index contributed by atoms with van der Waals surface area (Å²) in [5.41, 5.74) is 5.64. The van der Waals surface area contributed by atoms with E-state index in [2.05, 4.69) is 10.3 Å². The molecule has 0 radical (unpaired) electrons. The number of nitrogens with zero attached hydrogens (tertiary/aromatic N) is 1. The van der Waals surface area contributed by atoms with Crippen LogP contribution in [0.5, 0.6) is 0 Å². The molecule has 1 aromatic carbocycles. The highest BCUT2D eigenvalue weighted by Crippen LogP contribution is 2.27. The van der Waals surface area contributed by atoms with Crippen LogP contribution in [-0.4, -0.2) is 4.98 Å². The number of pyridine rings is 1. The number of aromatic nitrogens is 1. The van der Waals surface area contributed by atoms with E-state index < -0.39 is 29.0 Å². The number of hydrogen-bond donors (Lipinski definition) is 2. The zero-order valence-electron chi connectivity index (χ0n) is 9.77. The maximum absolute atomic E-state index is 13.4. The lowest BCUT2D eigenvalue weighted by atomic mass is 10.2. The second kappa shape index (κ2) is 4.75. The molecule has 0 amide bonds. The Morgan fingerprint density at radius 1 is 1.05 bits per heavy atom. The first-order chi connectivity index (χ1) is 8.90. The highest BCUT2D eigenvalue weighted by atomic mass is 19.2. The minimum atomic E-state index is -1.53. The first-order valence-electron chi connectivity index (χ1n) is 5.22. The van der Waals surface area contributed by atoms with Gasteiger partial charge in [0.25, 0.3) is 0 Å². The van der Waals surface area contributed by atoms with E-state index in [-0.39, 0.29) is 11.9 Å². The third-order valence-corrected chi connectivity index (χ3v) is 2.51. The quantitative estimate of drug-likeness (QED) is 0.651. The van der Waals surface area contributed by atoms with Crippen LogP contribution in [0, 0.1) is 30.2 Å². The Morgan fingerprint density at radius 3 is 2.16 bits per heavy atom. The van der Waals surface area contributed by atoms with E-state index in [4.69, 9.17) is 5.73 Å². The van der Waals surface area contributed by atoms with Crippen molar-refractivity contribution in [3.05, 3.63) is 47.2 Å². The fourth-order valence-electron chi connectivity index (χ4n) is 1.42. The smallest absolute Gasteiger partial charge is 0.185 e. The highest BCUT2D eigenvalue weighted by molar-refractivity contribution is 5.62. The van der Waals surface area contributed by atoms with E-state index in [0.717, 1.165) is 0 Å². The number of nitrogens with two attached hydrogens (primary N) is 1. The van der Waals surface area contributed by atoms with Crippen molar-refractivity contribution in [3.8, 4) is 0 Å². The van der Waals surface area contributed by atoms with Gasteiger partial charge in [-0.1, -0.05) is 0 Å². The molecule has 0 bridgehead atoms. The molecule has 0 unspecified atom stereocenters. The molecule has 0 saturated heterocycles. The third-order valence-electron chi connectivity index (χ3n) is 2.51. The van der Waals surface area contributed by atoms with E-state index in [9.17, 15) is 17.6 Å². The van der Waals surface area contributed by atoms with E-state index in [1.165, 1.54) is 12.3 Å². The Hall–Kier alpha value is -2.31. The van der Waals surface area contributed by atoms with Crippen LogP contribution in [-0.2, 0) is 0 Å². The van der Waals surface area contributed by atoms with Gasteiger partial charge in [-0.3, -0.25) is 0 Å². The van der Waals surface area contributed by atoms with Crippen LogP contribution >= 0.6 is 0 Å². The Labute approximate surface area is 106 Å². The summed E-state index contributed by atoms with van der Waals surface area (Å²) in [7, 11) is 0. The second-order valence-electron chi connectivity index (χ2n) is 3.89. The fraction of sp³-hybridized carbons (Fsp3) is 0.0833. The number of anilines is 3. The second-order valence-corrected chi connectivity index (χ2v) is 3.89. The average Bonchev–Trinajstić information content (AvgIpc) is 2.36. The largest absolute Gasteiger partial charge is 0.398 e. The third kappa shape index (κ3) is 2.44. The molecule has 3 nitrogen and oxygen atoms in total. The van der Waals surface area contributed by atoms with Gasteiger partial charge in [0.2, 0.25) is 0 Å².